The molecule has 3 heterocycles. The molecule has 5 nitrogen and oxygen atoms in total. The van der Waals surface area contributed by atoms with Gasteiger partial charge in [-0.15, -0.1) is 0 Å². The van der Waals surface area contributed by atoms with Crippen LogP contribution in [-0.4, -0.2) is 43.9 Å². The van der Waals surface area contributed by atoms with Crippen molar-refractivity contribution in [3.63, 3.8) is 0 Å². The summed E-state index contributed by atoms with van der Waals surface area (Å²) in [6, 6.07) is 6.63. The van der Waals surface area contributed by atoms with Gasteiger partial charge < -0.3 is 14.6 Å². The summed E-state index contributed by atoms with van der Waals surface area (Å²) in [6.45, 7) is 11.3. The first-order chi connectivity index (χ1) is 11.6. The molecule has 4 rings (SSSR count). The molecule has 8 heteroatoms. The Balaban J connectivity index is 1.97. The fourth-order valence-electron chi connectivity index (χ4n) is 4.46. The maximum atomic E-state index is 13.3. The predicted molar refractivity (Wildman–Crippen MR) is 99.3 cm³/mol. The first kappa shape index (κ1) is 17.0. The number of likely N-dealkylation sites (N-methyl/N-ethyl adjacent to an activating group) is 1. The summed E-state index contributed by atoms with van der Waals surface area (Å²) in [6.07, 6.45) is 0.272. The van der Waals surface area contributed by atoms with Gasteiger partial charge in [0.1, 0.15) is 6.04 Å². The predicted octanol–water partition coefficient (Wildman–Crippen LogP) is 2.27. The number of hydrogen-bond donors (Lipinski definition) is 0. The molecule has 2 bridgehead atoms. The summed E-state index contributed by atoms with van der Waals surface area (Å²) >= 11 is 11.7. The SMILES string of the molecule is [C-]#[N+][C@@]1(C)C[C@]23C(=O)N(C)[C@](C)(C(=O)N2[C@H]1c1ccc(Cl)cc1)S3=S. The standard InChI is InChI=1S/C17H16ClN3O2S2/c1-15(19-3)9-17-14(23)20(4)16(2,25(17)24)13(22)21(17)12(15)10-5-7-11(18)8-6-10/h5-8,12H,9H2,1-2,4H3/t12-,15-,16-,17-,25?/m0/s1. The molecule has 3 aliphatic heterocycles. The van der Waals surface area contributed by atoms with E-state index in [4.69, 9.17) is 29.4 Å². The van der Waals surface area contributed by atoms with Crippen molar-refractivity contribution < 1.29 is 9.59 Å². The van der Waals surface area contributed by atoms with E-state index in [0.29, 0.717) is 5.02 Å². The summed E-state index contributed by atoms with van der Waals surface area (Å²) in [7, 11) is 0.729. The molecule has 0 radical (unpaired) electrons. The highest BCUT2D eigenvalue weighted by molar-refractivity contribution is 8.31. The van der Waals surface area contributed by atoms with E-state index in [2.05, 4.69) is 4.85 Å². The first-order valence-electron chi connectivity index (χ1n) is 7.83. The zero-order valence-corrected chi connectivity index (χ0v) is 16.3. The highest BCUT2D eigenvalue weighted by Gasteiger charge is 2.82. The van der Waals surface area contributed by atoms with Crippen LogP contribution >= 0.6 is 11.6 Å². The number of hydrogen-bond acceptors (Lipinski definition) is 3. The molecule has 1 unspecified atom stereocenters. The fourth-order valence-corrected chi connectivity index (χ4v) is 8.10. The number of benzene rings is 1. The van der Waals surface area contributed by atoms with Crippen molar-refractivity contribution in [2.24, 2.45) is 0 Å². The van der Waals surface area contributed by atoms with Gasteiger partial charge in [0, 0.05) is 19.0 Å². The zero-order chi connectivity index (χ0) is 18.4. The van der Waals surface area contributed by atoms with E-state index in [1.54, 1.807) is 31.0 Å². The molecule has 1 aromatic rings. The van der Waals surface area contributed by atoms with E-state index in [9.17, 15) is 9.59 Å². The van der Waals surface area contributed by atoms with E-state index in [-0.39, 0.29) is 18.2 Å². The minimum absolute atomic E-state index is 0.140. The topological polar surface area (TPSA) is 45.0 Å². The lowest BCUT2D eigenvalue weighted by molar-refractivity contribution is -0.159. The number of nitrogens with zero attached hydrogens (tertiary/aromatic N) is 3. The Labute approximate surface area is 158 Å². The molecule has 1 spiro atoms. The molecule has 3 fully saturated rings. The van der Waals surface area contributed by atoms with Gasteiger partial charge in [0.15, 0.2) is 9.74 Å². The Kier molecular flexibility index (Phi) is 3.26. The lowest BCUT2D eigenvalue weighted by Gasteiger charge is -2.38. The molecule has 5 atom stereocenters. The van der Waals surface area contributed by atoms with Crippen LogP contribution in [0.15, 0.2) is 24.3 Å². The highest BCUT2D eigenvalue weighted by atomic mass is 35.5. The second-order valence-corrected chi connectivity index (χ2v) is 10.6. The lowest BCUT2D eigenvalue weighted by Crippen LogP contribution is -2.60. The van der Waals surface area contributed by atoms with Crippen LogP contribution in [0, 0.1) is 6.57 Å². The van der Waals surface area contributed by atoms with Gasteiger partial charge in [0.2, 0.25) is 0 Å². The van der Waals surface area contributed by atoms with Crippen LogP contribution in [0.1, 0.15) is 31.9 Å². The third-order valence-corrected chi connectivity index (χ3v) is 10.2. The molecule has 130 valence electrons. The van der Waals surface area contributed by atoms with Crippen molar-refractivity contribution in [2.45, 2.75) is 41.6 Å². The zero-order valence-electron chi connectivity index (χ0n) is 13.9. The smallest absolute Gasteiger partial charge is 0.261 e. The molecule has 1 aromatic carbocycles. The third kappa shape index (κ3) is 1.66. The van der Waals surface area contributed by atoms with Gasteiger partial charge in [0.05, 0.1) is 6.42 Å². The van der Waals surface area contributed by atoms with Crippen LogP contribution < -0.4 is 0 Å². The quantitative estimate of drug-likeness (QED) is 0.687. The molecule has 0 aromatic heterocycles. The minimum atomic E-state index is -1.08. The van der Waals surface area contributed by atoms with E-state index in [1.165, 1.54) is 4.90 Å². The van der Waals surface area contributed by atoms with Crippen molar-refractivity contribution >= 4 is 44.1 Å². The van der Waals surface area contributed by atoms with E-state index in [0.717, 1.165) is 5.56 Å². The fraction of sp³-hybridized carbons (Fsp3) is 0.471. The second-order valence-electron chi connectivity index (χ2n) is 7.18. The van der Waals surface area contributed by atoms with Crippen LogP contribution in [0.4, 0.5) is 0 Å². The molecular weight excluding hydrogens is 378 g/mol. The van der Waals surface area contributed by atoms with Gasteiger partial charge in [-0.3, -0.25) is 9.59 Å². The third-order valence-electron chi connectivity index (χ3n) is 5.84. The number of amides is 2. The van der Waals surface area contributed by atoms with Gasteiger partial charge in [0.25, 0.3) is 17.4 Å². The van der Waals surface area contributed by atoms with E-state index in [1.807, 2.05) is 19.1 Å². The Morgan fingerprint density at radius 2 is 1.88 bits per heavy atom. The maximum absolute atomic E-state index is 13.3. The molecule has 0 saturated carbocycles. The van der Waals surface area contributed by atoms with Crippen LogP contribution in [0.2, 0.25) is 5.02 Å². The summed E-state index contributed by atoms with van der Waals surface area (Å²) in [5, 5.41) is 0.584. The van der Waals surface area contributed by atoms with Crippen LogP contribution in [0.3, 0.4) is 0 Å². The van der Waals surface area contributed by atoms with Gasteiger partial charge in [-0.1, -0.05) is 23.7 Å². The number of carbonyl (C=O) groups excluding carboxylic acids is 2. The van der Waals surface area contributed by atoms with Gasteiger partial charge in [-0.05, 0) is 45.3 Å². The van der Waals surface area contributed by atoms with Crippen LogP contribution in [-0.2, 0) is 30.2 Å². The molecular formula is C17H16ClN3O2S2. The second kappa shape index (κ2) is 4.81. The summed E-state index contributed by atoms with van der Waals surface area (Å²) in [4.78, 5) is 31.3. The van der Waals surface area contributed by atoms with Crippen molar-refractivity contribution in [2.75, 3.05) is 7.05 Å². The number of rotatable bonds is 1. The molecule has 2 amide bonds. The van der Waals surface area contributed by atoms with Crippen LogP contribution in [0.5, 0.6) is 0 Å². The van der Waals surface area contributed by atoms with E-state index < -0.39 is 30.8 Å². The van der Waals surface area contributed by atoms with Crippen molar-refractivity contribution in [3.05, 3.63) is 46.3 Å². The Bertz CT molecular complexity index is 898. The molecule has 0 N–H and O–H groups in total. The Hall–Kier alpha value is -1.49. The summed E-state index contributed by atoms with van der Waals surface area (Å²) in [5.41, 5.74) is -0.0952. The molecule has 0 aliphatic carbocycles. The molecule has 3 aliphatic rings. The van der Waals surface area contributed by atoms with Crippen molar-refractivity contribution in [1.82, 2.24) is 9.80 Å². The highest BCUT2D eigenvalue weighted by Crippen LogP contribution is 2.63. The minimum Gasteiger partial charge on any atom is -0.320 e. The Morgan fingerprint density at radius 3 is 2.44 bits per heavy atom. The van der Waals surface area contributed by atoms with Gasteiger partial charge >= 0.3 is 0 Å². The number of fused-ring (bicyclic) bond motifs is 1. The monoisotopic (exact) mass is 393 g/mol. The van der Waals surface area contributed by atoms with Crippen molar-refractivity contribution in [1.29, 1.82) is 0 Å². The normalized spacial score (nSPS) is 42.0. The number of halogens is 1. The number of piperazine rings is 1. The van der Waals surface area contributed by atoms with E-state index >= 15 is 0 Å². The molecule has 3 saturated heterocycles. The molecule has 25 heavy (non-hydrogen) atoms. The van der Waals surface area contributed by atoms with Crippen LogP contribution in [0.25, 0.3) is 4.85 Å². The van der Waals surface area contributed by atoms with Crippen molar-refractivity contribution in [3.8, 4) is 0 Å². The lowest BCUT2D eigenvalue weighted by atomic mass is 9.87. The summed E-state index contributed by atoms with van der Waals surface area (Å²) in [5.74, 6) is -0.292. The maximum Gasteiger partial charge on any atom is 0.261 e. The van der Waals surface area contributed by atoms with Gasteiger partial charge in [-0.25, -0.2) is 6.57 Å². The number of carbonyl (C=O) groups is 2. The van der Waals surface area contributed by atoms with Gasteiger partial charge in [-0.2, -0.15) is 0 Å². The average molecular weight is 394 g/mol. The first-order valence-corrected chi connectivity index (χ1v) is 10.4. The Morgan fingerprint density at radius 1 is 1.28 bits per heavy atom. The summed E-state index contributed by atoms with van der Waals surface area (Å²) < 4.78 is 0. The largest absolute Gasteiger partial charge is 0.320 e. The average Bonchev–Trinajstić information content (AvgIpc) is 3.02.